The van der Waals surface area contributed by atoms with Crippen LogP contribution in [-0.4, -0.2) is 110 Å². The Bertz CT molecular complexity index is 684. The van der Waals surface area contributed by atoms with Gasteiger partial charge in [0.1, 0.15) is 5.78 Å². The molecule has 0 aromatic heterocycles. The van der Waals surface area contributed by atoms with Gasteiger partial charge in [0.2, 0.25) is 0 Å². The van der Waals surface area contributed by atoms with Crippen molar-refractivity contribution >= 4 is 29.7 Å². The summed E-state index contributed by atoms with van der Waals surface area (Å²) in [5, 5.41) is 28.4. The number of carbonyl (C=O) groups excluding carboxylic acids is 2. The molecule has 1 saturated heterocycles. The van der Waals surface area contributed by atoms with Gasteiger partial charge in [-0.1, -0.05) is 0 Å². The highest BCUT2D eigenvalue weighted by Crippen LogP contribution is 2.36. The lowest BCUT2D eigenvalue weighted by Crippen LogP contribution is -2.61. The summed E-state index contributed by atoms with van der Waals surface area (Å²) in [5.74, 6) is -4.35. The van der Waals surface area contributed by atoms with Gasteiger partial charge >= 0.3 is 23.9 Å². The van der Waals surface area contributed by atoms with Crippen molar-refractivity contribution in [3.05, 3.63) is 0 Å². The molecule has 12 heteroatoms. The minimum atomic E-state index is -1.23. The quantitative estimate of drug-likeness (QED) is 0.354. The lowest BCUT2D eigenvalue weighted by atomic mass is 9.81. The number of hydroxylamine groups is 2. The average molecular weight is 445 g/mol. The number of carboxylic acid groups (broad SMARTS) is 3. The Morgan fingerprint density at radius 3 is 1.52 bits per heavy atom. The van der Waals surface area contributed by atoms with Crippen LogP contribution in [0, 0.1) is 0 Å². The molecule has 0 aliphatic carbocycles. The highest BCUT2D eigenvalue weighted by Gasteiger charge is 2.47. The van der Waals surface area contributed by atoms with Crippen LogP contribution in [0.3, 0.4) is 0 Å². The van der Waals surface area contributed by atoms with E-state index in [2.05, 4.69) is 0 Å². The standard InChI is InChI=1S/C19H31N3O9/c1-18(2)7-13(23)8-19(3,4)22(18)31-17(30)12-21(11-16(28)29)6-5-20(9-14(24)25)10-15(26)27/h5-12H2,1-4H3,(H,24,25)(H,26,27)(H,28,29). The SMILES string of the molecule is CC1(C)CC(=O)CC(C)(C)N1OC(=O)CN(CCN(CC(=O)O)CC(=O)O)CC(=O)O. The molecule has 0 radical (unpaired) electrons. The number of ketones is 1. The van der Waals surface area contributed by atoms with Gasteiger partial charge in [-0.3, -0.25) is 29.0 Å². The Morgan fingerprint density at radius 1 is 0.806 bits per heavy atom. The Morgan fingerprint density at radius 2 is 1.16 bits per heavy atom. The highest BCUT2D eigenvalue weighted by molar-refractivity contribution is 5.82. The summed E-state index contributed by atoms with van der Waals surface area (Å²) in [7, 11) is 0. The second-order valence-electron chi connectivity index (χ2n) is 8.88. The Hall–Kier alpha value is -2.57. The van der Waals surface area contributed by atoms with Crippen LogP contribution < -0.4 is 0 Å². The molecule has 0 aromatic carbocycles. The van der Waals surface area contributed by atoms with Crippen LogP contribution in [0.4, 0.5) is 0 Å². The Kier molecular flexibility index (Phi) is 9.09. The maximum Gasteiger partial charge on any atom is 0.339 e. The predicted octanol–water partition coefficient (Wildman–Crippen LogP) is -0.475. The van der Waals surface area contributed by atoms with Gasteiger partial charge < -0.3 is 20.2 Å². The third-order valence-corrected chi connectivity index (χ3v) is 4.71. The van der Waals surface area contributed by atoms with Crippen LogP contribution in [0.15, 0.2) is 0 Å². The first-order valence-electron chi connectivity index (χ1n) is 9.75. The van der Waals surface area contributed by atoms with Crippen molar-refractivity contribution in [3.63, 3.8) is 0 Å². The van der Waals surface area contributed by atoms with Crippen LogP contribution >= 0.6 is 0 Å². The summed E-state index contributed by atoms with van der Waals surface area (Å²) in [6, 6.07) is 0. The van der Waals surface area contributed by atoms with E-state index in [1.807, 2.05) is 0 Å². The Labute approximate surface area is 180 Å². The van der Waals surface area contributed by atoms with E-state index in [0.29, 0.717) is 0 Å². The van der Waals surface area contributed by atoms with Gasteiger partial charge in [0.15, 0.2) is 0 Å². The van der Waals surface area contributed by atoms with E-state index >= 15 is 0 Å². The molecule has 1 rings (SSSR count). The number of rotatable bonds is 12. The lowest BCUT2D eigenvalue weighted by molar-refractivity contribution is -0.261. The fraction of sp³-hybridized carbons (Fsp3) is 0.737. The van der Waals surface area contributed by atoms with E-state index < -0.39 is 61.1 Å². The number of nitrogens with zero attached hydrogens (tertiary/aromatic N) is 3. The molecule has 0 spiro atoms. The first-order valence-corrected chi connectivity index (χ1v) is 9.75. The number of piperidine rings is 1. The molecule has 0 unspecified atom stereocenters. The van der Waals surface area contributed by atoms with Crippen molar-refractivity contribution in [2.75, 3.05) is 39.3 Å². The highest BCUT2D eigenvalue weighted by atomic mass is 16.7. The van der Waals surface area contributed by atoms with Gasteiger partial charge in [0.25, 0.3) is 0 Å². The number of Topliss-reactive ketones (excluding diaryl/α,β-unsaturated/α-hetero) is 1. The average Bonchev–Trinajstić information content (AvgIpc) is 2.53. The summed E-state index contributed by atoms with van der Waals surface area (Å²) in [4.78, 5) is 65.5. The van der Waals surface area contributed by atoms with Crippen LogP contribution in [-0.2, 0) is 28.8 Å². The molecule has 1 aliphatic rings. The van der Waals surface area contributed by atoms with Gasteiger partial charge in [0.05, 0.1) is 37.3 Å². The van der Waals surface area contributed by atoms with E-state index in [-0.39, 0.29) is 31.7 Å². The van der Waals surface area contributed by atoms with Crippen molar-refractivity contribution in [1.82, 2.24) is 14.9 Å². The number of carbonyl (C=O) groups is 5. The van der Waals surface area contributed by atoms with Gasteiger partial charge in [0, 0.05) is 25.9 Å². The van der Waals surface area contributed by atoms with Gasteiger partial charge in [-0.15, -0.1) is 5.06 Å². The molecule has 0 amide bonds. The van der Waals surface area contributed by atoms with Gasteiger partial charge in [-0.2, -0.15) is 0 Å². The first-order chi connectivity index (χ1) is 14.1. The lowest BCUT2D eigenvalue weighted by Gasteiger charge is -2.49. The van der Waals surface area contributed by atoms with E-state index in [9.17, 15) is 24.0 Å². The largest absolute Gasteiger partial charge is 0.480 e. The van der Waals surface area contributed by atoms with Crippen molar-refractivity contribution < 1.29 is 44.1 Å². The van der Waals surface area contributed by atoms with Crippen LogP contribution in [0.1, 0.15) is 40.5 Å². The monoisotopic (exact) mass is 445 g/mol. The van der Waals surface area contributed by atoms with Crippen molar-refractivity contribution in [2.45, 2.75) is 51.6 Å². The molecular weight excluding hydrogens is 414 g/mol. The molecule has 3 N–H and O–H groups in total. The summed E-state index contributed by atoms with van der Waals surface area (Å²) in [5.41, 5.74) is -1.49. The molecular formula is C19H31N3O9. The second kappa shape index (κ2) is 10.6. The topological polar surface area (TPSA) is 165 Å². The minimum absolute atomic E-state index is 0.0479. The van der Waals surface area contributed by atoms with Crippen LogP contribution in [0.2, 0.25) is 0 Å². The fourth-order valence-electron chi connectivity index (χ4n) is 3.84. The van der Waals surface area contributed by atoms with E-state index in [1.165, 1.54) is 9.96 Å². The second-order valence-corrected chi connectivity index (χ2v) is 8.88. The number of hydrogen-bond donors (Lipinski definition) is 3. The molecule has 0 saturated carbocycles. The Balaban J connectivity index is 2.83. The van der Waals surface area contributed by atoms with Crippen LogP contribution in [0.5, 0.6) is 0 Å². The third kappa shape index (κ3) is 8.99. The maximum absolute atomic E-state index is 12.6. The molecule has 31 heavy (non-hydrogen) atoms. The molecule has 0 bridgehead atoms. The zero-order valence-electron chi connectivity index (χ0n) is 18.3. The van der Waals surface area contributed by atoms with E-state index in [4.69, 9.17) is 20.2 Å². The van der Waals surface area contributed by atoms with E-state index in [0.717, 1.165) is 4.90 Å². The third-order valence-electron chi connectivity index (χ3n) is 4.71. The van der Waals surface area contributed by atoms with Crippen molar-refractivity contribution in [1.29, 1.82) is 0 Å². The minimum Gasteiger partial charge on any atom is -0.480 e. The zero-order chi connectivity index (χ0) is 24.0. The fourth-order valence-corrected chi connectivity index (χ4v) is 3.84. The first kappa shape index (κ1) is 26.5. The van der Waals surface area contributed by atoms with Crippen molar-refractivity contribution in [2.24, 2.45) is 0 Å². The summed E-state index contributed by atoms with van der Waals surface area (Å²) in [6.45, 7) is 4.93. The maximum atomic E-state index is 12.6. The molecule has 0 atom stereocenters. The molecule has 176 valence electrons. The van der Waals surface area contributed by atoms with E-state index in [1.54, 1.807) is 27.7 Å². The number of carboxylic acids is 3. The number of aliphatic carboxylic acids is 3. The smallest absolute Gasteiger partial charge is 0.339 e. The molecule has 1 fully saturated rings. The van der Waals surface area contributed by atoms with Crippen LogP contribution in [0.25, 0.3) is 0 Å². The molecule has 12 nitrogen and oxygen atoms in total. The zero-order valence-corrected chi connectivity index (χ0v) is 18.3. The van der Waals surface area contributed by atoms with Crippen molar-refractivity contribution in [3.8, 4) is 0 Å². The normalized spacial score (nSPS) is 18.2. The molecule has 1 heterocycles. The summed E-state index contributed by atoms with van der Waals surface area (Å²) < 4.78 is 0. The number of hydrogen-bond acceptors (Lipinski definition) is 9. The van der Waals surface area contributed by atoms with Gasteiger partial charge in [-0.05, 0) is 27.7 Å². The summed E-state index contributed by atoms with van der Waals surface area (Å²) >= 11 is 0. The predicted molar refractivity (Wildman–Crippen MR) is 106 cm³/mol. The summed E-state index contributed by atoms with van der Waals surface area (Å²) in [6.07, 6.45) is 0.393. The van der Waals surface area contributed by atoms with Gasteiger partial charge in [-0.25, -0.2) is 4.79 Å². The molecule has 0 aromatic rings. The molecule has 1 aliphatic heterocycles.